The Morgan fingerprint density at radius 2 is 2.00 bits per heavy atom. The summed E-state index contributed by atoms with van der Waals surface area (Å²) in [7, 11) is 2.03. The monoisotopic (exact) mass is 383 g/mol. The van der Waals surface area contributed by atoms with Crippen LogP contribution < -0.4 is 10.6 Å². The molecule has 1 aromatic heterocycles. The van der Waals surface area contributed by atoms with Gasteiger partial charge in [0.2, 0.25) is 11.8 Å². The van der Waals surface area contributed by atoms with Crippen LogP contribution in [-0.2, 0) is 16.1 Å². The minimum absolute atomic E-state index is 0.0131. The molecule has 7 nitrogen and oxygen atoms in total. The molecule has 0 bridgehead atoms. The van der Waals surface area contributed by atoms with Crippen molar-refractivity contribution >= 4 is 11.8 Å². The van der Waals surface area contributed by atoms with Crippen LogP contribution in [0.4, 0.5) is 0 Å². The van der Waals surface area contributed by atoms with E-state index in [-0.39, 0.29) is 17.9 Å². The van der Waals surface area contributed by atoms with Gasteiger partial charge >= 0.3 is 0 Å². The summed E-state index contributed by atoms with van der Waals surface area (Å²) in [6, 6.07) is 8.65. The minimum atomic E-state index is -0.0131. The van der Waals surface area contributed by atoms with Gasteiger partial charge < -0.3 is 10.6 Å². The topological polar surface area (TPSA) is 79.3 Å². The Hall–Kier alpha value is -2.67. The fraction of sp³-hybridized carbons (Fsp3) is 0.476. The third-order valence-electron chi connectivity index (χ3n) is 5.38. The van der Waals surface area contributed by atoms with Crippen LogP contribution in [0.25, 0.3) is 5.69 Å². The molecule has 3 rings (SSSR count). The Kier molecular flexibility index (Phi) is 6.46. The number of amides is 2. The second-order valence-electron chi connectivity index (χ2n) is 7.60. The molecule has 0 spiro atoms. The Bertz CT molecular complexity index is 832. The third-order valence-corrected chi connectivity index (χ3v) is 5.38. The number of carbonyl (C=O) groups excluding carboxylic acids is 2. The quantitative estimate of drug-likeness (QED) is 0.764. The molecule has 1 aromatic carbocycles. The molecule has 0 saturated carbocycles. The van der Waals surface area contributed by atoms with Crippen LogP contribution in [0.5, 0.6) is 0 Å². The van der Waals surface area contributed by atoms with Crippen LogP contribution in [0.2, 0.25) is 0 Å². The van der Waals surface area contributed by atoms with Crippen LogP contribution >= 0.6 is 0 Å². The van der Waals surface area contributed by atoms with Gasteiger partial charge in [0.15, 0.2) is 0 Å². The van der Waals surface area contributed by atoms with E-state index in [2.05, 4.69) is 39.7 Å². The molecule has 0 aliphatic carbocycles. The average molecular weight is 383 g/mol. The SMILES string of the molecule is CC(=O)NC[C@H]1CC[C@@H](CC(=O)NCc2cnn(-c3cccc(C)c3)c2)N1C. The first kappa shape index (κ1) is 20.1. The number of nitrogens with zero attached hydrogens (tertiary/aromatic N) is 3. The first-order valence-corrected chi connectivity index (χ1v) is 9.76. The van der Waals surface area contributed by atoms with Gasteiger partial charge in [-0.05, 0) is 44.5 Å². The summed E-state index contributed by atoms with van der Waals surface area (Å²) in [5.74, 6) is 0.0288. The van der Waals surface area contributed by atoms with E-state index in [4.69, 9.17) is 0 Å². The number of hydrogen-bond donors (Lipinski definition) is 2. The number of aromatic nitrogens is 2. The summed E-state index contributed by atoms with van der Waals surface area (Å²) in [6.45, 7) is 4.69. The summed E-state index contributed by atoms with van der Waals surface area (Å²) in [4.78, 5) is 25.7. The largest absolute Gasteiger partial charge is 0.355 e. The summed E-state index contributed by atoms with van der Waals surface area (Å²) >= 11 is 0. The molecule has 0 unspecified atom stereocenters. The standard InChI is InChI=1S/C21H29N5O2/c1-15-5-4-6-19(9-15)26-14-17(12-24-26)11-23-21(28)10-18-7-8-20(25(18)3)13-22-16(2)27/h4-6,9,12,14,18,20H,7-8,10-11,13H2,1-3H3,(H,22,27)(H,23,28)/t18-,20+/m0/s1. The molecule has 150 valence electrons. The van der Waals surface area contributed by atoms with Gasteiger partial charge in [0, 0.05) is 50.3 Å². The van der Waals surface area contributed by atoms with E-state index in [1.165, 1.54) is 12.5 Å². The number of aryl methyl sites for hydroxylation is 1. The maximum absolute atomic E-state index is 12.4. The zero-order valence-electron chi connectivity index (χ0n) is 16.8. The molecule has 1 fully saturated rings. The predicted octanol–water partition coefficient (Wildman–Crippen LogP) is 1.79. The van der Waals surface area contributed by atoms with Gasteiger partial charge in [0.1, 0.15) is 0 Å². The van der Waals surface area contributed by atoms with Crippen molar-refractivity contribution in [3.05, 3.63) is 47.8 Å². The first-order chi connectivity index (χ1) is 13.4. The Labute approximate surface area is 166 Å². The second-order valence-corrected chi connectivity index (χ2v) is 7.60. The number of likely N-dealkylation sites (N-methyl/N-ethyl adjacent to an activating group) is 1. The van der Waals surface area contributed by atoms with E-state index in [1.54, 1.807) is 6.20 Å². The Morgan fingerprint density at radius 3 is 2.75 bits per heavy atom. The Morgan fingerprint density at radius 1 is 1.21 bits per heavy atom. The highest BCUT2D eigenvalue weighted by molar-refractivity contribution is 5.76. The number of benzene rings is 1. The van der Waals surface area contributed by atoms with Gasteiger partial charge in [-0.25, -0.2) is 4.68 Å². The molecule has 0 radical (unpaired) electrons. The minimum Gasteiger partial charge on any atom is -0.355 e. The lowest BCUT2D eigenvalue weighted by Gasteiger charge is -2.25. The molecule has 1 aliphatic rings. The molecular formula is C21H29N5O2. The average Bonchev–Trinajstić information content (AvgIpc) is 3.26. The van der Waals surface area contributed by atoms with Crippen molar-refractivity contribution in [2.45, 2.75) is 51.7 Å². The highest BCUT2D eigenvalue weighted by atomic mass is 16.2. The zero-order chi connectivity index (χ0) is 20.1. The number of hydrogen-bond acceptors (Lipinski definition) is 4. The fourth-order valence-corrected chi connectivity index (χ4v) is 3.69. The van der Waals surface area contributed by atoms with Crippen LogP contribution in [-0.4, -0.2) is 52.2 Å². The molecule has 1 saturated heterocycles. The van der Waals surface area contributed by atoms with Gasteiger partial charge in [-0.1, -0.05) is 12.1 Å². The second kappa shape index (κ2) is 9.01. The van der Waals surface area contributed by atoms with Crippen molar-refractivity contribution < 1.29 is 9.59 Å². The Balaban J connectivity index is 1.47. The number of likely N-dealkylation sites (tertiary alicyclic amines) is 1. The van der Waals surface area contributed by atoms with Gasteiger partial charge in [-0.3, -0.25) is 14.5 Å². The van der Waals surface area contributed by atoms with Crippen LogP contribution in [0, 0.1) is 6.92 Å². The van der Waals surface area contributed by atoms with Gasteiger partial charge in [0.25, 0.3) is 0 Å². The van der Waals surface area contributed by atoms with Gasteiger partial charge in [-0.2, -0.15) is 5.10 Å². The smallest absolute Gasteiger partial charge is 0.221 e. The van der Waals surface area contributed by atoms with Crippen molar-refractivity contribution in [3.8, 4) is 5.69 Å². The van der Waals surface area contributed by atoms with Crippen molar-refractivity contribution in [3.63, 3.8) is 0 Å². The third kappa shape index (κ3) is 5.19. The maximum Gasteiger partial charge on any atom is 0.221 e. The van der Waals surface area contributed by atoms with Crippen LogP contribution in [0.15, 0.2) is 36.7 Å². The van der Waals surface area contributed by atoms with E-state index in [1.807, 2.05) is 30.1 Å². The number of carbonyl (C=O) groups is 2. The number of nitrogens with one attached hydrogen (secondary N) is 2. The normalized spacial score (nSPS) is 19.5. The number of rotatable bonds is 7. The first-order valence-electron chi connectivity index (χ1n) is 9.76. The van der Waals surface area contributed by atoms with Crippen LogP contribution in [0.3, 0.4) is 0 Å². The lowest BCUT2D eigenvalue weighted by atomic mass is 10.1. The predicted molar refractivity (Wildman–Crippen MR) is 108 cm³/mol. The molecule has 2 aromatic rings. The lowest BCUT2D eigenvalue weighted by Crippen LogP contribution is -2.41. The molecule has 28 heavy (non-hydrogen) atoms. The van der Waals surface area contributed by atoms with Crippen molar-refractivity contribution in [1.82, 2.24) is 25.3 Å². The maximum atomic E-state index is 12.4. The zero-order valence-corrected chi connectivity index (χ0v) is 16.8. The van der Waals surface area contributed by atoms with Crippen molar-refractivity contribution in [1.29, 1.82) is 0 Å². The highest BCUT2D eigenvalue weighted by Crippen LogP contribution is 2.24. The molecule has 7 heteroatoms. The summed E-state index contributed by atoms with van der Waals surface area (Å²) in [5, 5.41) is 10.3. The van der Waals surface area contributed by atoms with E-state index in [9.17, 15) is 9.59 Å². The van der Waals surface area contributed by atoms with Crippen LogP contribution in [0.1, 0.15) is 37.3 Å². The summed E-state index contributed by atoms with van der Waals surface area (Å²) < 4.78 is 1.83. The van der Waals surface area contributed by atoms with Crippen molar-refractivity contribution in [2.24, 2.45) is 0 Å². The van der Waals surface area contributed by atoms with E-state index in [0.29, 0.717) is 25.6 Å². The molecule has 2 amide bonds. The molecular weight excluding hydrogens is 354 g/mol. The molecule has 1 aliphatic heterocycles. The lowest BCUT2D eigenvalue weighted by molar-refractivity contribution is -0.122. The van der Waals surface area contributed by atoms with Crippen molar-refractivity contribution in [2.75, 3.05) is 13.6 Å². The van der Waals surface area contributed by atoms with Gasteiger partial charge in [-0.15, -0.1) is 0 Å². The molecule has 2 atom stereocenters. The van der Waals surface area contributed by atoms with E-state index < -0.39 is 0 Å². The molecule has 2 heterocycles. The summed E-state index contributed by atoms with van der Waals surface area (Å²) in [6.07, 6.45) is 6.17. The fourth-order valence-electron chi connectivity index (χ4n) is 3.69. The summed E-state index contributed by atoms with van der Waals surface area (Å²) in [5.41, 5.74) is 3.16. The van der Waals surface area contributed by atoms with E-state index in [0.717, 1.165) is 24.1 Å². The highest BCUT2D eigenvalue weighted by Gasteiger charge is 2.31. The van der Waals surface area contributed by atoms with Gasteiger partial charge in [0.05, 0.1) is 11.9 Å². The molecule has 2 N–H and O–H groups in total. The van der Waals surface area contributed by atoms with E-state index >= 15 is 0 Å².